The van der Waals surface area contributed by atoms with Crippen molar-refractivity contribution in [3.05, 3.63) is 35.9 Å². The molecule has 78 valence electrons. The van der Waals surface area contributed by atoms with E-state index in [1.165, 1.54) is 0 Å². The minimum Gasteiger partial charge on any atom is -0.345 e. The summed E-state index contributed by atoms with van der Waals surface area (Å²) in [4.78, 5) is 22.2. The number of hydrogen-bond donors (Lipinski definition) is 2. The topological polar surface area (TPSA) is 58.2 Å². The molecule has 4 heteroatoms. The van der Waals surface area contributed by atoms with Gasteiger partial charge in [-0.25, -0.2) is 0 Å². The summed E-state index contributed by atoms with van der Waals surface area (Å²) in [6.45, 7) is 2.31. The van der Waals surface area contributed by atoms with Gasteiger partial charge in [0, 0.05) is 6.54 Å². The van der Waals surface area contributed by atoms with Gasteiger partial charge in [-0.05, 0) is 12.5 Å². The Balaban J connectivity index is 2.29. The molecule has 1 aliphatic heterocycles. The number of benzene rings is 1. The molecule has 0 aromatic heterocycles. The molecular formula is C11H12N2O2. The van der Waals surface area contributed by atoms with Gasteiger partial charge in [0.2, 0.25) is 0 Å². The predicted molar refractivity (Wildman–Crippen MR) is 54.9 cm³/mol. The second-order valence-corrected chi connectivity index (χ2v) is 3.83. The Labute approximate surface area is 87.7 Å². The number of piperazine rings is 1. The normalized spacial score (nSPS) is 25.7. The summed E-state index contributed by atoms with van der Waals surface area (Å²) in [6.07, 6.45) is 0. The zero-order chi connectivity index (χ0) is 10.9. The number of rotatable bonds is 1. The first-order valence-corrected chi connectivity index (χ1v) is 4.78. The Morgan fingerprint density at radius 1 is 1.13 bits per heavy atom. The first-order chi connectivity index (χ1) is 7.12. The summed E-state index contributed by atoms with van der Waals surface area (Å²) in [5.41, 5.74) is 0.477. The van der Waals surface area contributed by atoms with Crippen LogP contribution in [0.2, 0.25) is 0 Å². The summed E-state index contributed by atoms with van der Waals surface area (Å²) < 4.78 is 0. The van der Waals surface area contributed by atoms with Crippen molar-refractivity contribution in [3.8, 4) is 0 Å². The molecule has 0 radical (unpaired) electrons. The van der Waals surface area contributed by atoms with E-state index in [0.717, 1.165) is 5.56 Å². The van der Waals surface area contributed by atoms with E-state index in [1.807, 2.05) is 37.3 Å². The lowest BCUT2D eigenvalue weighted by Gasteiger charge is -2.34. The Kier molecular flexibility index (Phi) is 2.19. The molecule has 0 bridgehead atoms. The van der Waals surface area contributed by atoms with Crippen molar-refractivity contribution in [2.75, 3.05) is 6.54 Å². The highest BCUT2D eigenvalue weighted by Gasteiger charge is 2.35. The van der Waals surface area contributed by atoms with Crippen LogP contribution in [0.1, 0.15) is 12.5 Å². The highest BCUT2D eigenvalue weighted by molar-refractivity contribution is 6.35. The first kappa shape index (κ1) is 9.71. The maximum atomic E-state index is 11.3. The van der Waals surface area contributed by atoms with E-state index < -0.39 is 17.4 Å². The Morgan fingerprint density at radius 2 is 1.80 bits per heavy atom. The summed E-state index contributed by atoms with van der Waals surface area (Å²) in [6, 6.07) is 9.58. The number of amides is 2. The average molecular weight is 204 g/mol. The standard InChI is InChI=1S/C11H12N2O2/c1-11(8-5-3-2-4-6-8)7-12-9(14)10(15)13-11/h2-6H,7H2,1H3,(H,12,14)(H,13,15)/t11-/m1/s1. The molecule has 2 amide bonds. The molecule has 15 heavy (non-hydrogen) atoms. The van der Waals surface area contributed by atoms with Crippen molar-refractivity contribution in [1.82, 2.24) is 10.6 Å². The van der Waals surface area contributed by atoms with Crippen LogP contribution in [0.25, 0.3) is 0 Å². The largest absolute Gasteiger partial charge is 0.345 e. The lowest BCUT2D eigenvalue weighted by Crippen LogP contribution is -2.60. The number of hydrogen-bond acceptors (Lipinski definition) is 2. The Morgan fingerprint density at radius 3 is 2.40 bits per heavy atom. The van der Waals surface area contributed by atoms with E-state index in [-0.39, 0.29) is 0 Å². The summed E-state index contributed by atoms with van der Waals surface area (Å²) in [5.74, 6) is -1.14. The zero-order valence-electron chi connectivity index (χ0n) is 8.41. The van der Waals surface area contributed by atoms with Gasteiger partial charge in [-0.3, -0.25) is 9.59 Å². The minimum atomic E-state index is -0.576. The maximum absolute atomic E-state index is 11.3. The van der Waals surface area contributed by atoms with Crippen molar-refractivity contribution in [3.63, 3.8) is 0 Å². The van der Waals surface area contributed by atoms with Gasteiger partial charge in [-0.2, -0.15) is 0 Å². The van der Waals surface area contributed by atoms with Crippen LogP contribution in [-0.2, 0) is 15.1 Å². The van der Waals surface area contributed by atoms with Gasteiger partial charge in [-0.1, -0.05) is 30.3 Å². The van der Waals surface area contributed by atoms with Gasteiger partial charge in [0.15, 0.2) is 0 Å². The highest BCUT2D eigenvalue weighted by Crippen LogP contribution is 2.21. The zero-order valence-corrected chi connectivity index (χ0v) is 8.41. The molecule has 1 aromatic rings. The molecule has 1 aromatic carbocycles. The van der Waals surface area contributed by atoms with Crippen molar-refractivity contribution in [1.29, 1.82) is 0 Å². The van der Waals surface area contributed by atoms with Crippen molar-refractivity contribution < 1.29 is 9.59 Å². The van der Waals surface area contributed by atoms with Gasteiger partial charge in [0.25, 0.3) is 0 Å². The molecule has 1 fully saturated rings. The van der Waals surface area contributed by atoms with Crippen molar-refractivity contribution >= 4 is 11.8 Å². The minimum absolute atomic E-state index is 0.418. The Bertz CT molecular complexity index is 402. The molecule has 1 atom stereocenters. The smallest absolute Gasteiger partial charge is 0.310 e. The number of carbonyl (C=O) groups excluding carboxylic acids is 2. The van der Waals surface area contributed by atoms with Crippen LogP contribution >= 0.6 is 0 Å². The SMILES string of the molecule is C[C@]1(c2ccccc2)CNC(=O)C(=O)N1. The molecular weight excluding hydrogens is 192 g/mol. The van der Waals surface area contributed by atoms with Crippen LogP contribution in [0, 0.1) is 0 Å². The van der Waals surface area contributed by atoms with Crippen LogP contribution < -0.4 is 10.6 Å². The fourth-order valence-corrected chi connectivity index (χ4v) is 1.67. The van der Waals surface area contributed by atoms with E-state index in [2.05, 4.69) is 10.6 Å². The lowest BCUT2D eigenvalue weighted by molar-refractivity contribution is -0.142. The van der Waals surface area contributed by atoms with E-state index in [4.69, 9.17) is 0 Å². The van der Waals surface area contributed by atoms with E-state index in [1.54, 1.807) is 0 Å². The predicted octanol–water partition coefficient (Wildman–Crippen LogP) is 0.148. The van der Waals surface area contributed by atoms with E-state index in [0.29, 0.717) is 6.54 Å². The van der Waals surface area contributed by atoms with Crippen molar-refractivity contribution in [2.45, 2.75) is 12.5 Å². The molecule has 2 N–H and O–H groups in total. The third-order valence-corrected chi connectivity index (χ3v) is 2.61. The molecule has 2 rings (SSSR count). The van der Waals surface area contributed by atoms with Crippen molar-refractivity contribution in [2.24, 2.45) is 0 Å². The molecule has 0 aliphatic carbocycles. The molecule has 0 unspecified atom stereocenters. The Hall–Kier alpha value is -1.84. The van der Waals surface area contributed by atoms with Crippen LogP contribution in [-0.4, -0.2) is 18.4 Å². The fraction of sp³-hybridized carbons (Fsp3) is 0.273. The average Bonchev–Trinajstić information content (AvgIpc) is 2.26. The van der Waals surface area contributed by atoms with Gasteiger partial charge in [0.05, 0.1) is 5.54 Å². The van der Waals surface area contributed by atoms with Crippen LogP contribution in [0.3, 0.4) is 0 Å². The molecule has 1 aliphatic rings. The monoisotopic (exact) mass is 204 g/mol. The van der Waals surface area contributed by atoms with Gasteiger partial charge < -0.3 is 10.6 Å². The lowest BCUT2D eigenvalue weighted by atomic mass is 9.90. The van der Waals surface area contributed by atoms with Gasteiger partial charge >= 0.3 is 11.8 Å². The third-order valence-electron chi connectivity index (χ3n) is 2.61. The molecule has 1 heterocycles. The number of nitrogens with one attached hydrogen (secondary N) is 2. The third kappa shape index (κ3) is 1.70. The molecule has 1 saturated heterocycles. The van der Waals surface area contributed by atoms with Gasteiger partial charge in [0.1, 0.15) is 0 Å². The first-order valence-electron chi connectivity index (χ1n) is 4.78. The van der Waals surface area contributed by atoms with Gasteiger partial charge in [-0.15, -0.1) is 0 Å². The number of carbonyl (C=O) groups is 2. The fourth-order valence-electron chi connectivity index (χ4n) is 1.67. The van der Waals surface area contributed by atoms with Crippen LogP contribution in [0.15, 0.2) is 30.3 Å². The highest BCUT2D eigenvalue weighted by atomic mass is 16.2. The molecule has 0 spiro atoms. The molecule has 0 saturated carbocycles. The second-order valence-electron chi connectivity index (χ2n) is 3.83. The maximum Gasteiger partial charge on any atom is 0.310 e. The second kappa shape index (κ2) is 3.38. The van der Waals surface area contributed by atoms with E-state index >= 15 is 0 Å². The summed E-state index contributed by atoms with van der Waals surface area (Å²) >= 11 is 0. The quantitative estimate of drug-likeness (QED) is 0.640. The van der Waals surface area contributed by atoms with Crippen LogP contribution in [0.4, 0.5) is 0 Å². The summed E-state index contributed by atoms with van der Waals surface area (Å²) in [7, 11) is 0. The van der Waals surface area contributed by atoms with Crippen LogP contribution in [0.5, 0.6) is 0 Å². The van der Waals surface area contributed by atoms with E-state index in [9.17, 15) is 9.59 Å². The molecule has 4 nitrogen and oxygen atoms in total. The summed E-state index contributed by atoms with van der Waals surface area (Å²) in [5, 5.41) is 5.28.